The summed E-state index contributed by atoms with van der Waals surface area (Å²) in [5.41, 5.74) is 2.83. The zero-order chi connectivity index (χ0) is 17.3. The van der Waals surface area contributed by atoms with E-state index in [4.69, 9.17) is 0 Å². The van der Waals surface area contributed by atoms with Gasteiger partial charge in [0.25, 0.3) is 0 Å². The highest BCUT2D eigenvalue weighted by Crippen LogP contribution is 2.13. The van der Waals surface area contributed by atoms with Crippen molar-refractivity contribution < 1.29 is 4.79 Å². The van der Waals surface area contributed by atoms with E-state index in [0.29, 0.717) is 13.1 Å². The zero-order valence-corrected chi connectivity index (χ0v) is 13.7. The molecule has 0 aliphatic rings. The highest BCUT2D eigenvalue weighted by molar-refractivity contribution is 5.83. The second kappa shape index (κ2) is 8.65. The maximum Gasteiger partial charge on any atom is 0.242 e. The second-order valence-corrected chi connectivity index (χ2v) is 5.53. The molecular formula is C19H19N5O. The Labute approximate surface area is 146 Å². The first-order chi connectivity index (χ1) is 12.3. The number of aromatic nitrogens is 3. The van der Waals surface area contributed by atoms with Gasteiger partial charge in [0, 0.05) is 50.3 Å². The number of nitrogens with zero attached hydrogens (tertiary/aromatic N) is 3. The van der Waals surface area contributed by atoms with Crippen LogP contribution < -0.4 is 10.6 Å². The molecule has 6 heteroatoms. The van der Waals surface area contributed by atoms with E-state index in [2.05, 4.69) is 25.6 Å². The number of pyridine rings is 3. The molecule has 1 unspecified atom stereocenters. The number of nitrogens with one attached hydrogen (secondary N) is 2. The number of hydrogen-bond acceptors (Lipinski definition) is 5. The molecule has 0 aliphatic heterocycles. The fourth-order valence-corrected chi connectivity index (χ4v) is 2.43. The minimum atomic E-state index is -0.472. The van der Waals surface area contributed by atoms with Crippen molar-refractivity contribution in [2.24, 2.45) is 0 Å². The van der Waals surface area contributed by atoms with Crippen molar-refractivity contribution in [1.29, 1.82) is 0 Å². The number of hydrogen-bond donors (Lipinski definition) is 2. The number of amides is 1. The molecule has 6 nitrogen and oxygen atoms in total. The maximum absolute atomic E-state index is 12.7. The number of carbonyl (C=O) groups excluding carboxylic acids is 1. The Morgan fingerprint density at radius 1 is 0.840 bits per heavy atom. The Morgan fingerprint density at radius 2 is 1.48 bits per heavy atom. The number of rotatable bonds is 7. The highest BCUT2D eigenvalue weighted by Gasteiger charge is 2.19. The van der Waals surface area contributed by atoms with Gasteiger partial charge in [-0.15, -0.1) is 0 Å². The molecule has 3 heterocycles. The van der Waals surface area contributed by atoms with E-state index in [0.717, 1.165) is 16.7 Å². The van der Waals surface area contributed by atoms with Gasteiger partial charge in [0.2, 0.25) is 5.91 Å². The van der Waals surface area contributed by atoms with Crippen molar-refractivity contribution in [2.75, 3.05) is 0 Å². The molecule has 0 bridgehead atoms. The zero-order valence-electron chi connectivity index (χ0n) is 13.7. The van der Waals surface area contributed by atoms with Crippen molar-refractivity contribution in [3.8, 4) is 0 Å². The van der Waals surface area contributed by atoms with Gasteiger partial charge in [0.1, 0.15) is 6.04 Å². The topological polar surface area (TPSA) is 79.8 Å². The van der Waals surface area contributed by atoms with Crippen LogP contribution in [0.25, 0.3) is 0 Å². The second-order valence-electron chi connectivity index (χ2n) is 5.53. The molecule has 126 valence electrons. The Hall–Kier alpha value is -3.12. The summed E-state index contributed by atoms with van der Waals surface area (Å²) in [7, 11) is 0. The van der Waals surface area contributed by atoms with E-state index in [9.17, 15) is 4.79 Å². The smallest absolute Gasteiger partial charge is 0.242 e. The van der Waals surface area contributed by atoms with Crippen LogP contribution >= 0.6 is 0 Å². The molecule has 0 saturated carbocycles. The van der Waals surface area contributed by atoms with E-state index < -0.39 is 6.04 Å². The monoisotopic (exact) mass is 333 g/mol. The van der Waals surface area contributed by atoms with E-state index >= 15 is 0 Å². The molecule has 1 atom stereocenters. The van der Waals surface area contributed by atoms with Gasteiger partial charge in [-0.2, -0.15) is 0 Å². The summed E-state index contributed by atoms with van der Waals surface area (Å²) >= 11 is 0. The van der Waals surface area contributed by atoms with E-state index in [-0.39, 0.29) is 5.91 Å². The molecule has 25 heavy (non-hydrogen) atoms. The summed E-state index contributed by atoms with van der Waals surface area (Å²) in [6.07, 6.45) is 10.3. The van der Waals surface area contributed by atoms with Crippen LogP contribution in [0.2, 0.25) is 0 Å². The Balaban J connectivity index is 1.68. The summed E-state index contributed by atoms with van der Waals surface area (Å²) in [4.78, 5) is 24.9. The van der Waals surface area contributed by atoms with Crippen LogP contribution in [0, 0.1) is 0 Å². The Bertz CT molecular complexity index is 781. The molecule has 0 spiro atoms. The Morgan fingerprint density at radius 3 is 2.08 bits per heavy atom. The SMILES string of the molecule is O=C(NCc1cccnc1)C(NCc1cccnc1)c1ccncc1. The predicted molar refractivity (Wildman–Crippen MR) is 94.1 cm³/mol. The summed E-state index contributed by atoms with van der Waals surface area (Å²) in [5, 5.41) is 6.25. The van der Waals surface area contributed by atoms with Crippen LogP contribution in [0.4, 0.5) is 0 Å². The van der Waals surface area contributed by atoms with E-state index in [1.165, 1.54) is 0 Å². The lowest BCUT2D eigenvalue weighted by molar-refractivity contribution is -0.123. The third kappa shape index (κ3) is 4.92. The number of carbonyl (C=O) groups is 1. The molecule has 0 radical (unpaired) electrons. The molecular weight excluding hydrogens is 314 g/mol. The van der Waals surface area contributed by atoms with Gasteiger partial charge in [-0.3, -0.25) is 25.1 Å². The van der Waals surface area contributed by atoms with Gasteiger partial charge in [-0.05, 0) is 41.0 Å². The van der Waals surface area contributed by atoms with Crippen LogP contribution in [0.5, 0.6) is 0 Å². The van der Waals surface area contributed by atoms with Crippen molar-refractivity contribution in [3.63, 3.8) is 0 Å². The fourth-order valence-electron chi connectivity index (χ4n) is 2.43. The summed E-state index contributed by atoms with van der Waals surface area (Å²) < 4.78 is 0. The third-order valence-electron chi connectivity index (χ3n) is 3.72. The lowest BCUT2D eigenvalue weighted by Crippen LogP contribution is -2.37. The van der Waals surface area contributed by atoms with Crippen molar-refractivity contribution in [2.45, 2.75) is 19.1 Å². The maximum atomic E-state index is 12.7. The van der Waals surface area contributed by atoms with Gasteiger partial charge in [-0.1, -0.05) is 12.1 Å². The molecule has 3 rings (SSSR count). The molecule has 0 aromatic carbocycles. The molecule has 1 amide bonds. The molecule has 0 saturated heterocycles. The highest BCUT2D eigenvalue weighted by atomic mass is 16.2. The van der Waals surface area contributed by atoms with Gasteiger partial charge in [0.05, 0.1) is 0 Å². The lowest BCUT2D eigenvalue weighted by atomic mass is 10.1. The van der Waals surface area contributed by atoms with Gasteiger partial charge >= 0.3 is 0 Å². The van der Waals surface area contributed by atoms with Crippen molar-refractivity contribution in [1.82, 2.24) is 25.6 Å². The summed E-state index contributed by atoms with van der Waals surface area (Å²) in [5.74, 6) is -0.0982. The largest absolute Gasteiger partial charge is 0.350 e. The third-order valence-corrected chi connectivity index (χ3v) is 3.72. The van der Waals surface area contributed by atoms with E-state index in [1.807, 2.05) is 36.4 Å². The van der Waals surface area contributed by atoms with Crippen molar-refractivity contribution in [3.05, 3.63) is 90.3 Å². The average molecular weight is 333 g/mol. The summed E-state index contributed by atoms with van der Waals surface area (Å²) in [6, 6.07) is 10.8. The normalized spacial score (nSPS) is 11.7. The van der Waals surface area contributed by atoms with Crippen LogP contribution in [-0.2, 0) is 17.9 Å². The van der Waals surface area contributed by atoms with Crippen molar-refractivity contribution >= 4 is 5.91 Å². The molecule has 2 N–H and O–H groups in total. The fraction of sp³-hybridized carbons (Fsp3) is 0.158. The quantitative estimate of drug-likeness (QED) is 0.691. The average Bonchev–Trinajstić information content (AvgIpc) is 2.69. The van der Waals surface area contributed by atoms with Crippen LogP contribution in [0.15, 0.2) is 73.6 Å². The Kier molecular flexibility index (Phi) is 5.79. The lowest BCUT2D eigenvalue weighted by Gasteiger charge is -2.19. The first-order valence-corrected chi connectivity index (χ1v) is 8.02. The molecule has 0 aliphatic carbocycles. The summed E-state index contributed by atoms with van der Waals surface area (Å²) in [6.45, 7) is 0.976. The van der Waals surface area contributed by atoms with Crippen LogP contribution in [-0.4, -0.2) is 20.9 Å². The van der Waals surface area contributed by atoms with Crippen LogP contribution in [0.1, 0.15) is 22.7 Å². The van der Waals surface area contributed by atoms with Gasteiger partial charge in [-0.25, -0.2) is 0 Å². The minimum Gasteiger partial charge on any atom is -0.350 e. The first kappa shape index (κ1) is 16.7. The van der Waals surface area contributed by atoms with Gasteiger partial charge < -0.3 is 5.32 Å². The standard InChI is InChI=1S/C19H19N5O/c25-19(24-14-16-4-2-8-22-12-16)18(17-5-9-20-10-6-17)23-13-15-3-1-7-21-11-15/h1-12,18,23H,13-14H2,(H,24,25). The molecule has 3 aromatic heterocycles. The first-order valence-electron chi connectivity index (χ1n) is 8.02. The minimum absolute atomic E-state index is 0.0982. The molecule has 0 fully saturated rings. The van der Waals surface area contributed by atoms with E-state index in [1.54, 1.807) is 37.2 Å². The van der Waals surface area contributed by atoms with Gasteiger partial charge in [0.15, 0.2) is 0 Å². The van der Waals surface area contributed by atoms with Crippen LogP contribution in [0.3, 0.4) is 0 Å². The molecule has 3 aromatic rings. The predicted octanol–water partition coefficient (Wildman–Crippen LogP) is 2.02.